The number of rotatable bonds is 5. The molecule has 0 N–H and O–H groups in total. The third kappa shape index (κ3) is 3.73. The topological polar surface area (TPSA) is 46.6 Å². The van der Waals surface area contributed by atoms with Crippen LogP contribution >= 0.6 is 0 Å². The lowest BCUT2D eigenvalue weighted by molar-refractivity contribution is 0.126. The van der Waals surface area contributed by atoms with E-state index in [-0.39, 0.29) is 6.10 Å². The van der Waals surface area contributed by atoms with Crippen molar-refractivity contribution in [2.24, 2.45) is 0 Å². The first-order chi connectivity index (χ1) is 9.40. The Bertz CT molecular complexity index is 568. The van der Waals surface area contributed by atoms with Crippen LogP contribution in [0.5, 0.6) is 5.75 Å². The zero-order valence-corrected chi connectivity index (χ0v) is 13.2. The molecule has 1 aliphatic rings. The predicted octanol–water partition coefficient (Wildman–Crippen LogP) is 2.13. The lowest BCUT2D eigenvalue weighted by Crippen LogP contribution is -2.35. The molecule has 1 aliphatic heterocycles. The maximum atomic E-state index is 11.6. The second-order valence-electron chi connectivity index (χ2n) is 5.58. The summed E-state index contributed by atoms with van der Waals surface area (Å²) >= 11 is 0. The molecular weight excluding hydrogens is 274 g/mol. The molecule has 1 unspecified atom stereocenters. The van der Waals surface area contributed by atoms with E-state index < -0.39 is 9.84 Å². The Labute approximate surface area is 121 Å². The molecule has 0 aliphatic carbocycles. The molecular formula is C15H23NO3S. The monoisotopic (exact) mass is 297 g/mol. The van der Waals surface area contributed by atoms with Gasteiger partial charge in [-0.1, -0.05) is 13.0 Å². The standard InChI is InChI=1S/C15H23NO3S/c1-4-9-16(2)11-13-7-5-12-6-8-14(20(3,17)18)10-15(12)19-13/h6,8,10,13H,4-5,7,9,11H2,1-3H3. The van der Waals surface area contributed by atoms with Gasteiger partial charge in [0.2, 0.25) is 0 Å². The molecule has 1 aromatic carbocycles. The van der Waals surface area contributed by atoms with Gasteiger partial charge in [-0.05, 0) is 50.6 Å². The number of sulfone groups is 1. The van der Waals surface area contributed by atoms with Crippen molar-refractivity contribution in [2.75, 3.05) is 26.4 Å². The fourth-order valence-corrected chi connectivity index (χ4v) is 3.22. The quantitative estimate of drug-likeness (QED) is 0.835. The highest BCUT2D eigenvalue weighted by molar-refractivity contribution is 7.90. The molecule has 0 bridgehead atoms. The van der Waals surface area contributed by atoms with Crippen molar-refractivity contribution >= 4 is 9.84 Å². The van der Waals surface area contributed by atoms with E-state index in [1.165, 1.54) is 6.26 Å². The van der Waals surface area contributed by atoms with Crippen molar-refractivity contribution in [1.82, 2.24) is 4.90 Å². The minimum atomic E-state index is -3.18. The molecule has 2 rings (SSSR count). The van der Waals surface area contributed by atoms with Crippen LogP contribution in [-0.4, -0.2) is 45.8 Å². The van der Waals surface area contributed by atoms with E-state index in [9.17, 15) is 8.42 Å². The second-order valence-corrected chi connectivity index (χ2v) is 7.60. The van der Waals surface area contributed by atoms with Gasteiger partial charge in [0.1, 0.15) is 11.9 Å². The molecule has 4 nitrogen and oxygen atoms in total. The Balaban J connectivity index is 2.12. The highest BCUT2D eigenvalue weighted by Gasteiger charge is 2.22. The van der Waals surface area contributed by atoms with E-state index >= 15 is 0 Å². The highest BCUT2D eigenvalue weighted by Crippen LogP contribution is 2.30. The van der Waals surface area contributed by atoms with Gasteiger partial charge in [0.15, 0.2) is 9.84 Å². The Morgan fingerprint density at radius 3 is 2.80 bits per heavy atom. The fraction of sp³-hybridized carbons (Fsp3) is 0.600. The molecule has 1 atom stereocenters. The zero-order valence-electron chi connectivity index (χ0n) is 12.4. The van der Waals surface area contributed by atoms with Crippen LogP contribution in [-0.2, 0) is 16.3 Å². The first-order valence-corrected chi connectivity index (χ1v) is 8.97. The lowest BCUT2D eigenvalue weighted by Gasteiger charge is -2.29. The van der Waals surface area contributed by atoms with E-state index in [1.807, 2.05) is 6.07 Å². The van der Waals surface area contributed by atoms with Crippen molar-refractivity contribution in [3.05, 3.63) is 23.8 Å². The van der Waals surface area contributed by atoms with Crippen molar-refractivity contribution in [2.45, 2.75) is 37.2 Å². The van der Waals surface area contributed by atoms with Crippen molar-refractivity contribution in [3.63, 3.8) is 0 Å². The summed E-state index contributed by atoms with van der Waals surface area (Å²) in [4.78, 5) is 2.59. The molecule has 5 heteroatoms. The molecule has 1 heterocycles. The van der Waals surface area contributed by atoms with Crippen LogP contribution in [0.3, 0.4) is 0 Å². The van der Waals surface area contributed by atoms with Crippen LogP contribution in [0.4, 0.5) is 0 Å². The third-order valence-corrected chi connectivity index (χ3v) is 4.73. The van der Waals surface area contributed by atoms with Crippen molar-refractivity contribution < 1.29 is 13.2 Å². The van der Waals surface area contributed by atoms with Crippen LogP contribution in [0.2, 0.25) is 0 Å². The summed E-state index contributed by atoms with van der Waals surface area (Å²) < 4.78 is 29.2. The molecule has 0 spiro atoms. The average molecular weight is 297 g/mol. The number of benzene rings is 1. The van der Waals surface area contributed by atoms with Gasteiger partial charge >= 0.3 is 0 Å². The zero-order chi connectivity index (χ0) is 14.8. The first kappa shape index (κ1) is 15.3. The molecule has 0 fully saturated rings. The van der Waals surface area contributed by atoms with Crippen LogP contribution in [0.1, 0.15) is 25.3 Å². The van der Waals surface area contributed by atoms with Gasteiger partial charge in [0.05, 0.1) is 4.90 Å². The Hall–Kier alpha value is -1.07. The number of ether oxygens (including phenoxy) is 1. The van der Waals surface area contributed by atoms with Crippen molar-refractivity contribution in [3.8, 4) is 5.75 Å². The van der Waals surface area contributed by atoms with Gasteiger partial charge in [-0.25, -0.2) is 8.42 Å². The summed E-state index contributed by atoms with van der Waals surface area (Å²) in [5.41, 5.74) is 1.10. The summed E-state index contributed by atoms with van der Waals surface area (Å²) in [6.07, 6.45) is 4.43. The number of nitrogens with zero attached hydrogens (tertiary/aromatic N) is 1. The van der Waals surface area contributed by atoms with E-state index in [1.54, 1.807) is 12.1 Å². The van der Waals surface area contributed by atoms with E-state index in [4.69, 9.17) is 4.74 Å². The number of aryl methyl sites for hydroxylation is 1. The summed E-state index contributed by atoms with van der Waals surface area (Å²) in [7, 11) is -1.08. The van der Waals surface area contributed by atoms with Crippen LogP contribution < -0.4 is 4.74 Å². The highest BCUT2D eigenvalue weighted by atomic mass is 32.2. The number of hydrogen-bond acceptors (Lipinski definition) is 4. The van der Waals surface area contributed by atoms with Gasteiger partial charge < -0.3 is 9.64 Å². The first-order valence-electron chi connectivity index (χ1n) is 7.08. The van der Waals surface area contributed by atoms with Gasteiger partial charge in [-0.3, -0.25) is 0 Å². The fourth-order valence-electron chi connectivity index (χ4n) is 2.59. The molecule has 0 radical (unpaired) electrons. The van der Waals surface area contributed by atoms with E-state index in [0.717, 1.165) is 43.7 Å². The lowest BCUT2D eigenvalue weighted by atomic mass is 10.0. The molecule has 1 aromatic rings. The predicted molar refractivity (Wildman–Crippen MR) is 80.1 cm³/mol. The summed E-state index contributed by atoms with van der Waals surface area (Å²) in [6.45, 7) is 4.10. The van der Waals surface area contributed by atoms with Crippen LogP contribution in [0.15, 0.2) is 23.1 Å². The molecule has 0 saturated carbocycles. The third-order valence-electron chi connectivity index (χ3n) is 3.62. The van der Waals surface area contributed by atoms with Crippen LogP contribution in [0, 0.1) is 0 Å². The normalized spacial score (nSPS) is 18.7. The number of likely N-dealkylation sites (N-methyl/N-ethyl adjacent to an activating group) is 1. The second kappa shape index (κ2) is 6.14. The summed E-state index contributed by atoms with van der Waals surface area (Å²) in [6, 6.07) is 5.20. The van der Waals surface area contributed by atoms with E-state index in [2.05, 4.69) is 18.9 Å². The molecule has 0 saturated heterocycles. The SMILES string of the molecule is CCCN(C)CC1CCc2ccc(S(C)(=O)=O)cc2O1. The number of hydrogen-bond donors (Lipinski definition) is 0. The number of fused-ring (bicyclic) bond motifs is 1. The minimum absolute atomic E-state index is 0.147. The molecule has 112 valence electrons. The Kier molecular flexibility index (Phi) is 4.70. The Morgan fingerprint density at radius 1 is 1.40 bits per heavy atom. The molecule has 20 heavy (non-hydrogen) atoms. The average Bonchev–Trinajstić information content (AvgIpc) is 2.37. The van der Waals surface area contributed by atoms with Gasteiger partial charge in [-0.2, -0.15) is 0 Å². The van der Waals surface area contributed by atoms with E-state index in [0.29, 0.717) is 4.90 Å². The molecule has 0 amide bonds. The maximum absolute atomic E-state index is 11.6. The summed E-state index contributed by atoms with van der Waals surface area (Å²) in [5, 5.41) is 0. The summed E-state index contributed by atoms with van der Waals surface area (Å²) in [5.74, 6) is 0.731. The van der Waals surface area contributed by atoms with Gasteiger partial charge in [0.25, 0.3) is 0 Å². The Morgan fingerprint density at radius 2 is 2.15 bits per heavy atom. The maximum Gasteiger partial charge on any atom is 0.175 e. The minimum Gasteiger partial charge on any atom is -0.489 e. The van der Waals surface area contributed by atoms with Gasteiger partial charge in [0, 0.05) is 12.8 Å². The smallest absolute Gasteiger partial charge is 0.175 e. The van der Waals surface area contributed by atoms with Crippen LogP contribution in [0.25, 0.3) is 0 Å². The van der Waals surface area contributed by atoms with Gasteiger partial charge in [-0.15, -0.1) is 0 Å². The molecule has 0 aromatic heterocycles. The largest absolute Gasteiger partial charge is 0.489 e. The van der Waals surface area contributed by atoms with Crippen molar-refractivity contribution in [1.29, 1.82) is 0 Å².